The molecule has 4 nitrogen and oxygen atoms in total. The summed E-state index contributed by atoms with van der Waals surface area (Å²) in [6.45, 7) is 3.61. The summed E-state index contributed by atoms with van der Waals surface area (Å²) < 4.78 is 26.0. The number of hydrogen-bond donors (Lipinski definition) is 1. The number of hydrogen-bond acceptors (Lipinski definition) is 4. The lowest BCUT2D eigenvalue weighted by molar-refractivity contribution is 0.572. The minimum atomic E-state index is -3.23. The Balaban J connectivity index is 2.13. The summed E-state index contributed by atoms with van der Waals surface area (Å²) in [5.41, 5.74) is 2.82. The van der Waals surface area contributed by atoms with Crippen LogP contribution in [0.15, 0.2) is 35.2 Å². The molecule has 0 aliphatic carbocycles. The van der Waals surface area contributed by atoms with E-state index >= 15 is 0 Å². The number of nitrogens with one attached hydrogen (secondary N) is 1. The van der Waals surface area contributed by atoms with Crippen LogP contribution in [0.3, 0.4) is 0 Å². The maximum absolute atomic E-state index is 11.7. The van der Waals surface area contributed by atoms with Gasteiger partial charge in [0.1, 0.15) is 0 Å². The quantitative estimate of drug-likeness (QED) is 0.922. The van der Waals surface area contributed by atoms with Crippen LogP contribution in [0.2, 0.25) is 0 Å². The molecule has 0 fully saturated rings. The van der Waals surface area contributed by atoms with Crippen molar-refractivity contribution in [2.75, 3.05) is 0 Å². The first-order valence-electron chi connectivity index (χ1n) is 5.95. The first-order chi connectivity index (χ1) is 8.99. The molecule has 2 aromatic heterocycles. The molecule has 0 amide bonds. The monoisotopic (exact) mass is 296 g/mol. The molecule has 0 atom stereocenters. The van der Waals surface area contributed by atoms with Gasteiger partial charge in [-0.05, 0) is 43.0 Å². The molecule has 1 N–H and O–H groups in total. The van der Waals surface area contributed by atoms with Crippen LogP contribution in [-0.4, -0.2) is 18.7 Å². The molecule has 0 aliphatic rings. The Hall–Kier alpha value is -1.24. The third-order valence-electron chi connectivity index (χ3n) is 2.74. The van der Waals surface area contributed by atoms with Crippen LogP contribution in [-0.2, 0) is 16.6 Å². The Kier molecular flexibility index (Phi) is 4.34. The molecule has 19 heavy (non-hydrogen) atoms. The fourth-order valence-corrected chi connectivity index (χ4v) is 2.85. The van der Waals surface area contributed by atoms with Gasteiger partial charge < -0.3 is 0 Å². The van der Waals surface area contributed by atoms with E-state index in [1.54, 1.807) is 31.4 Å². The van der Waals surface area contributed by atoms with Gasteiger partial charge in [-0.3, -0.25) is 4.98 Å². The lowest BCUT2D eigenvalue weighted by atomic mass is 10.1. The van der Waals surface area contributed by atoms with E-state index in [1.165, 1.54) is 0 Å². The van der Waals surface area contributed by atoms with Gasteiger partial charge in [0, 0.05) is 23.7 Å². The number of nitrogens with zero attached hydrogens (tertiary/aromatic N) is 1. The molecule has 0 spiro atoms. The Morgan fingerprint density at radius 2 is 2.16 bits per heavy atom. The van der Waals surface area contributed by atoms with Crippen molar-refractivity contribution < 1.29 is 8.42 Å². The zero-order valence-corrected chi connectivity index (χ0v) is 12.5. The molecule has 0 bridgehead atoms. The van der Waals surface area contributed by atoms with Gasteiger partial charge in [-0.1, -0.05) is 0 Å². The Morgan fingerprint density at radius 3 is 2.79 bits per heavy atom. The largest absolute Gasteiger partial charge is 0.256 e. The van der Waals surface area contributed by atoms with E-state index in [1.807, 2.05) is 29.0 Å². The number of aromatic nitrogens is 1. The summed E-state index contributed by atoms with van der Waals surface area (Å²) in [4.78, 5) is 4.29. The molecule has 102 valence electrons. The smallest absolute Gasteiger partial charge is 0.214 e. The number of rotatable bonds is 5. The highest BCUT2D eigenvalue weighted by Crippen LogP contribution is 2.20. The summed E-state index contributed by atoms with van der Waals surface area (Å²) in [5.74, 6) is 0. The molecule has 0 saturated heterocycles. The predicted octanol–water partition coefficient (Wildman–Crippen LogP) is 2.64. The van der Waals surface area contributed by atoms with E-state index in [-0.39, 0.29) is 0 Å². The van der Waals surface area contributed by atoms with Crippen molar-refractivity contribution in [2.45, 2.75) is 25.6 Å². The number of thiophene rings is 1. The van der Waals surface area contributed by atoms with Crippen LogP contribution < -0.4 is 4.72 Å². The van der Waals surface area contributed by atoms with Gasteiger partial charge in [-0.15, -0.1) is 0 Å². The zero-order chi connectivity index (χ0) is 13.9. The standard InChI is InChI=1S/C13H16N2O2S2/c1-10(2)19(16,17)15-8-11-3-5-14-13(7-11)12-4-6-18-9-12/h3-7,9-10,15H,8H2,1-2H3. The minimum absolute atomic E-state index is 0.292. The van der Waals surface area contributed by atoms with Gasteiger partial charge in [0.25, 0.3) is 0 Å². The summed E-state index contributed by atoms with van der Waals surface area (Å²) in [6.07, 6.45) is 1.70. The fraction of sp³-hybridized carbons (Fsp3) is 0.308. The van der Waals surface area contributed by atoms with E-state index in [2.05, 4.69) is 9.71 Å². The Bertz CT molecular complexity index is 634. The normalized spacial score (nSPS) is 11.9. The highest BCUT2D eigenvalue weighted by molar-refractivity contribution is 7.90. The number of pyridine rings is 1. The molecule has 0 radical (unpaired) electrons. The molecule has 2 aromatic rings. The van der Waals surface area contributed by atoms with Gasteiger partial charge in [-0.25, -0.2) is 13.1 Å². The molecular weight excluding hydrogens is 280 g/mol. The van der Waals surface area contributed by atoms with Crippen molar-refractivity contribution in [1.29, 1.82) is 0 Å². The SMILES string of the molecule is CC(C)S(=O)(=O)NCc1ccnc(-c2ccsc2)c1. The molecule has 0 unspecified atom stereocenters. The second kappa shape index (κ2) is 5.81. The highest BCUT2D eigenvalue weighted by Gasteiger charge is 2.14. The van der Waals surface area contributed by atoms with E-state index in [4.69, 9.17) is 0 Å². The first kappa shape index (κ1) is 14.2. The summed E-state index contributed by atoms with van der Waals surface area (Å²) >= 11 is 1.61. The lowest BCUT2D eigenvalue weighted by Gasteiger charge is -2.09. The van der Waals surface area contributed by atoms with Crippen molar-refractivity contribution in [3.63, 3.8) is 0 Å². The van der Waals surface area contributed by atoms with Crippen molar-refractivity contribution in [1.82, 2.24) is 9.71 Å². The topological polar surface area (TPSA) is 59.1 Å². The minimum Gasteiger partial charge on any atom is -0.256 e. The fourth-order valence-electron chi connectivity index (χ4n) is 1.50. The molecular formula is C13H16N2O2S2. The Morgan fingerprint density at radius 1 is 1.37 bits per heavy atom. The molecule has 0 aromatic carbocycles. The van der Waals surface area contributed by atoms with Crippen LogP contribution >= 0.6 is 11.3 Å². The maximum atomic E-state index is 11.7. The molecule has 2 rings (SSSR count). The maximum Gasteiger partial charge on any atom is 0.214 e. The molecule has 0 saturated carbocycles. The average molecular weight is 296 g/mol. The average Bonchev–Trinajstić information content (AvgIpc) is 2.90. The van der Waals surface area contributed by atoms with E-state index < -0.39 is 15.3 Å². The lowest BCUT2D eigenvalue weighted by Crippen LogP contribution is -2.30. The second-order valence-corrected chi connectivity index (χ2v) is 7.58. The highest BCUT2D eigenvalue weighted by atomic mass is 32.2. The molecule has 2 heterocycles. The van der Waals surface area contributed by atoms with E-state index in [9.17, 15) is 8.42 Å². The van der Waals surface area contributed by atoms with Crippen molar-refractivity contribution in [2.24, 2.45) is 0 Å². The van der Waals surface area contributed by atoms with E-state index in [0.29, 0.717) is 6.54 Å². The first-order valence-corrected chi connectivity index (χ1v) is 8.44. The van der Waals surface area contributed by atoms with Gasteiger partial charge in [0.2, 0.25) is 10.0 Å². The zero-order valence-electron chi connectivity index (χ0n) is 10.8. The van der Waals surface area contributed by atoms with Gasteiger partial charge in [0.05, 0.1) is 10.9 Å². The van der Waals surface area contributed by atoms with E-state index in [0.717, 1.165) is 16.8 Å². The third kappa shape index (κ3) is 3.62. The van der Waals surface area contributed by atoms with Gasteiger partial charge >= 0.3 is 0 Å². The summed E-state index contributed by atoms with van der Waals surface area (Å²) in [6, 6.07) is 5.72. The van der Waals surface area contributed by atoms with Crippen LogP contribution in [0.25, 0.3) is 11.3 Å². The van der Waals surface area contributed by atoms with Crippen molar-refractivity contribution in [3.05, 3.63) is 40.7 Å². The molecule has 6 heteroatoms. The second-order valence-electron chi connectivity index (χ2n) is 4.48. The van der Waals surface area contributed by atoms with Gasteiger partial charge in [0.15, 0.2) is 0 Å². The molecule has 0 aliphatic heterocycles. The van der Waals surface area contributed by atoms with Crippen molar-refractivity contribution >= 4 is 21.4 Å². The summed E-state index contributed by atoms with van der Waals surface area (Å²) in [5, 5.41) is 3.58. The third-order valence-corrected chi connectivity index (χ3v) is 5.21. The van der Waals surface area contributed by atoms with Crippen LogP contribution in [0.5, 0.6) is 0 Å². The Labute approximate surface area is 117 Å². The predicted molar refractivity (Wildman–Crippen MR) is 78.4 cm³/mol. The number of sulfonamides is 1. The van der Waals surface area contributed by atoms with Crippen LogP contribution in [0.4, 0.5) is 0 Å². The summed E-state index contributed by atoms with van der Waals surface area (Å²) in [7, 11) is -3.23. The van der Waals surface area contributed by atoms with Gasteiger partial charge in [-0.2, -0.15) is 11.3 Å². The van der Waals surface area contributed by atoms with Crippen LogP contribution in [0, 0.1) is 0 Å². The van der Waals surface area contributed by atoms with Crippen LogP contribution in [0.1, 0.15) is 19.4 Å². The van der Waals surface area contributed by atoms with Crippen molar-refractivity contribution in [3.8, 4) is 11.3 Å².